The van der Waals surface area contributed by atoms with Gasteiger partial charge in [0.05, 0.1) is 0 Å². The molecule has 4 heterocycles. The summed E-state index contributed by atoms with van der Waals surface area (Å²) in [6.45, 7) is 5.77. The molecular formula is C22H29N3OS. The molecule has 1 atom stereocenters. The molecule has 0 radical (unpaired) electrons. The highest BCUT2D eigenvalue weighted by Gasteiger charge is 2.25. The van der Waals surface area contributed by atoms with E-state index in [4.69, 9.17) is 0 Å². The first-order chi connectivity index (χ1) is 13.2. The number of hydrogen-bond acceptors (Lipinski definition) is 4. The zero-order chi connectivity index (χ0) is 18.6. The second kappa shape index (κ2) is 8.51. The molecule has 1 unspecified atom stereocenters. The number of likely N-dealkylation sites (tertiary alicyclic amines) is 1. The van der Waals surface area contributed by atoms with Crippen LogP contribution in [0.1, 0.15) is 49.7 Å². The first-order valence-corrected chi connectivity index (χ1v) is 11.2. The summed E-state index contributed by atoms with van der Waals surface area (Å²) in [5, 5.41) is 4.10. The summed E-state index contributed by atoms with van der Waals surface area (Å²) in [6.07, 6.45) is 13.8. The minimum Gasteiger partial charge on any atom is -0.344 e. The minimum absolute atomic E-state index is 0.132. The number of allylic oxidation sites excluding steroid dienone is 1. The summed E-state index contributed by atoms with van der Waals surface area (Å²) in [6, 6.07) is 2.12. The third-order valence-corrected chi connectivity index (χ3v) is 7.37. The van der Waals surface area contributed by atoms with Crippen LogP contribution in [0, 0.1) is 5.92 Å². The standard InChI is InChI=1S/C22H29N3OS/c1-16-4-6-19-13-18(15-23-22(19)24-16)5-7-21(26)25-10-8-17(9-11-25)14-20-3-2-12-27-20/h5,7,13,15,17,20H,1-4,6,8-12,14H2,(H,23,24)/b7-5+. The fraction of sp³-hybridized carbons (Fsp3) is 0.545. The van der Waals surface area contributed by atoms with Crippen molar-refractivity contribution in [2.24, 2.45) is 5.92 Å². The lowest BCUT2D eigenvalue weighted by atomic mass is 9.91. The molecule has 3 aliphatic heterocycles. The lowest BCUT2D eigenvalue weighted by Gasteiger charge is -2.32. The third kappa shape index (κ3) is 4.75. The molecule has 2 saturated heterocycles. The molecule has 27 heavy (non-hydrogen) atoms. The Bertz CT molecular complexity index is 731. The van der Waals surface area contributed by atoms with Crippen LogP contribution in [0.25, 0.3) is 6.08 Å². The first-order valence-electron chi connectivity index (χ1n) is 10.2. The van der Waals surface area contributed by atoms with E-state index in [2.05, 4.69) is 34.7 Å². The number of anilines is 1. The largest absolute Gasteiger partial charge is 0.344 e. The van der Waals surface area contributed by atoms with Crippen LogP contribution in [0.5, 0.6) is 0 Å². The molecule has 0 saturated carbocycles. The second-order valence-electron chi connectivity index (χ2n) is 7.98. The number of aromatic nitrogens is 1. The summed E-state index contributed by atoms with van der Waals surface area (Å²) in [5.74, 6) is 3.18. The molecular weight excluding hydrogens is 354 g/mol. The topological polar surface area (TPSA) is 45.2 Å². The number of piperidine rings is 1. The fourth-order valence-electron chi connectivity index (χ4n) is 4.30. The van der Waals surface area contributed by atoms with Gasteiger partial charge in [0.1, 0.15) is 5.82 Å². The number of carbonyl (C=O) groups is 1. The highest BCUT2D eigenvalue weighted by molar-refractivity contribution is 8.00. The van der Waals surface area contributed by atoms with Crippen molar-refractivity contribution < 1.29 is 4.79 Å². The fourth-order valence-corrected chi connectivity index (χ4v) is 5.71. The van der Waals surface area contributed by atoms with Crippen molar-refractivity contribution in [2.45, 2.75) is 50.2 Å². The maximum atomic E-state index is 12.5. The van der Waals surface area contributed by atoms with E-state index in [0.717, 1.165) is 67.0 Å². The van der Waals surface area contributed by atoms with Gasteiger partial charge >= 0.3 is 0 Å². The smallest absolute Gasteiger partial charge is 0.246 e. The van der Waals surface area contributed by atoms with Crippen molar-refractivity contribution in [3.63, 3.8) is 0 Å². The molecule has 4 rings (SSSR count). The van der Waals surface area contributed by atoms with Crippen molar-refractivity contribution in [3.05, 3.63) is 41.7 Å². The molecule has 1 aromatic rings. The Morgan fingerprint density at radius 1 is 1.33 bits per heavy atom. The van der Waals surface area contributed by atoms with E-state index in [-0.39, 0.29) is 5.91 Å². The molecule has 4 nitrogen and oxygen atoms in total. The Hall–Kier alpha value is -1.75. The number of thioether (sulfide) groups is 1. The van der Waals surface area contributed by atoms with E-state index in [1.807, 2.05) is 17.2 Å². The molecule has 2 fully saturated rings. The summed E-state index contributed by atoms with van der Waals surface area (Å²) in [7, 11) is 0. The third-order valence-electron chi connectivity index (χ3n) is 5.94. The number of carbonyl (C=O) groups excluding carboxylic acids is 1. The monoisotopic (exact) mass is 383 g/mol. The van der Waals surface area contributed by atoms with Crippen LogP contribution in [0.4, 0.5) is 5.82 Å². The zero-order valence-corrected chi connectivity index (χ0v) is 16.8. The first kappa shape index (κ1) is 18.6. The van der Waals surface area contributed by atoms with Gasteiger partial charge in [-0.05, 0) is 79.9 Å². The average Bonchev–Trinajstić information content (AvgIpc) is 3.19. The highest BCUT2D eigenvalue weighted by atomic mass is 32.2. The van der Waals surface area contributed by atoms with Crippen molar-refractivity contribution >= 4 is 29.6 Å². The molecule has 1 amide bonds. The lowest BCUT2D eigenvalue weighted by molar-refractivity contribution is -0.127. The van der Waals surface area contributed by atoms with Gasteiger partial charge in [-0.1, -0.05) is 6.58 Å². The summed E-state index contributed by atoms with van der Waals surface area (Å²) in [5.41, 5.74) is 3.20. The van der Waals surface area contributed by atoms with Gasteiger partial charge in [-0.3, -0.25) is 4.79 Å². The molecule has 0 aromatic carbocycles. The normalized spacial score (nSPS) is 23.5. The molecule has 3 aliphatic rings. The predicted octanol–water partition coefficient (Wildman–Crippen LogP) is 4.49. The number of nitrogens with one attached hydrogen (secondary N) is 1. The molecule has 1 aromatic heterocycles. The number of nitrogens with zero attached hydrogens (tertiary/aromatic N) is 2. The van der Waals surface area contributed by atoms with E-state index < -0.39 is 0 Å². The van der Waals surface area contributed by atoms with Gasteiger partial charge in [0.25, 0.3) is 0 Å². The highest BCUT2D eigenvalue weighted by Crippen LogP contribution is 2.34. The number of aryl methyl sites for hydroxylation is 1. The van der Waals surface area contributed by atoms with Crippen molar-refractivity contribution in [1.82, 2.24) is 9.88 Å². The maximum absolute atomic E-state index is 12.5. The van der Waals surface area contributed by atoms with Crippen LogP contribution >= 0.6 is 11.8 Å². The van der Waals surface area contributed by atoms with Crippen molar-refractivity contribution in [1.29, 1.82) is 0 Å². The molecule has 0 bridgehead atoms. The van der Waals surface area contributed by atoms with Crippen LogP contribution in [-0.4, -0.2) is 39.9 Å². The predicted molar refractivity (Wildman–Crippen MR) is 114 cm³/mol. The van der Waals surface area contributed by atoms with E-state index in [0.29, 0.717) is 0 Å². The van der Waals surface area contributed by atoms with Gasteiger partial charge in [0.2, 0.25) is 5.91 Å². The van der Waals surface area contributed by atoms with E-state index >= 15 is 0 Å². The Kier molecular flexibility index (Phi) is 5.86. The lowest BCUT2D eigenvalue weighted by Crippen LogP contribution is -2.38. The van der Waals surface area contributed by atoms with E-state index in [1.165, 1.54) is 30.6 Å². The zero-order valence-electron chi connectivity index (χ0n) is 16.0. The molecule has 0 aliphatic carbocycles. The van der Waals surface area contributed by atoms with Crippen LogP contribution in [0.3, 0.4) is 0 Å². The average molecular weight is 384 g/mol. The maximum Gasteiger partial charge on any atom is 0.246 e. The molecule has 0 spiro atoms. The van der Waals surface area contributed by atoms with E-state index in [9.17, 15) is 4.79 Å². The van der Waals surface area contributed by atoms with Crippen LogP contribution in [-0.2, 0) is 11.2 Å². The quantitative estimate of drug-likeness (QED) is 0.778. The molecule has 144 valence electrons. The number of pyridine rings is 1. The van der Waals surface area contributed by atoms with Crippen LogP contribution in [0.15, 0.2) is 30.6 Å². The SMILES string of the molecule is C=C1CCc2cc(/C=C/C(=O)N3CCC(CC4CCCS4)CC3)cnc2N1. The minimum atomic E-state index is 0.132. The van der Waals surface area contributed by atoms with Gasteiger partial charge in [-0.15, -0.1) is 0 Å². The van der Waals surface area contributed by atoms with Crippen LogP contribution in [0.2, 0.25) is 0 Å². The molecule has 1 N–H and O–H groups in total. The second-order valence-corrected chi connectivity index (χ2v) is 9.39. The van der Waals surface area contributed by atoms with Crippen molar-refractivity contribution in [2.75, 3.05) is 24.2 Å². The Labute approximate surface area is 166 Å². The number of hydrogen-bond donors (Lipinski definition) is 1. The number of fused-ring (bicyclic) bond motifs is 1. The van der Waals surface area contributed by atoms with Gasteiger partial charge in [0.15, 0.2) is 0 Å². The summed E-state index contributed by atoms with van der Waals surface area (Å²) >= 11 is 2.15. The summed E-state index contributed by atoms with van der Waals surface area (Å²) in [4.78, 5) is 19.0. The van der Waals surface area contributed by atoms with Gasteiger partial charge in [0, 0.05) is 36.3 Å². The Morgan fingerprint density at radius 3 is 2.96 bits per heavy atom. The summed E-state index contributed by atoms with van der Waals surface area (Å²) < 4.78 is 0. The van der Waals surface area contributed by atoms with Crippen molar-refractivity contribution in [3.8, 4) is 0 Å². The molecule has 5 heteroatoms. The van der Waals surface area contributed by atoms with Gasteiger partial charge < -0.3 is 10.2 Å². The van der Waals surface area contributed by atoms with Gasteiger partial charge in [-0.25, -0.2) is 4.98 Å². The van der Waals surface area contributed by atoms with Crippen LogP contribution < -0.4 is 5.32 Å². The Morgan fingerprint density at radius 2 is 2.19 bits per heavy atom. The van der Waals surface area contributed by atoms with Gasteiger partial charge in [-0.2, -0.15) is 11.8 Å². The Balaban J connectivity index is 1.28. The number of rotatable bonds is 4. The van der Waals surface area contributed by atoms with E-state index in [1.54, 1.807) is 6.08 Å². The number of amides is 1.